The van der Waals surface area contributed by atoms with Crippen molar-refractivity contribution in [2.75, 3.05) is 19.8 Å². The number of terminal acetylenes is 1. The molecule has 1 atom stereocenters. The highest BCUT2D eigenvalue weighted by Gasteiger charge is 2.29. The van der Waals surface area contributed by atoms with E-state index in [0.29, 0.717) is 19.8 Å². The summed E-state index contributed by atoms with van der Waals surface area (Å²) >= 11 is 0. The largest absolute Gasteiger partial charge is 0.444 e. The third-order valence-corrected chi connectivity index (χ3v) is 1.95. The van der Waals surface area contributed by atoms with Crippen molar-refractivity contribution in [3.8, 4) is 12.3 Å². The van der Waals surface area contributed by atoms with E-state index in [9.17, 15) is 4.79 Å². The monoisotopic (exact) mass is 211 g/mol. The van der Waals surface area contributed by atoms with Crippen molar-refractivity contribution in [3.63, 3.8) is 0 Å². The van der Waals surface area contributed by atoms with Crippen LogP contribution in [0, 0.1) is 12.3 Å². The van der Waals surface area contributed by atoms with Gasteiger partial charge in [-0.25, -0.2) is 4.79 Å². The average Bonchev–Trinajstić information content (AvgIpc) is 2.15. The number of hydrogen-bond acceptors (Lipinski definition) is 3. The summed E-state index contributed by atoms with van der Waals surface area (Å²) in [7, 11) is 0. The molecule has 4 heteroatoms. The van der Waals surface area contributed by atoms with Crippen LogP contribution in [0.5, 0.6) is 0 Å². The molecule has 4 nitrogen and oxygen atoms in total. The maximum absolute atomic E-state index is 11.7. The van der Waals surface area contributed by atoms with Crippen molar-refractivity contribution >= 4 is 6.09 Å². The van der Waals surface area contributed by atoms with E-state index in [1.54, 1.807) is 0 Å². The molecule has 0 radical (unpaired) electrons. The van der Waals surface area contributed by atoms with Gasteiger partial charge >= 0.3 is 6.09 Å². The van der Waals surface area contributed by atoms with Gasteiger partial charge in [-0.05, 0) is 20.8 Å². The summed E-state index contributed by atoms with van der Waals surface area (Å²) in [4.78, 5) is 13.3. The van der Waals surface area contributed by atoms with E-state index < -0.39 is 5.60 Å². The first kappa shape index (κ1) is 11.9. The summed E-state index contributed by atoms with van der Waals surface area (Å²) in [5, 5.41) is 0. The van der Waals surface area contributed by atoms with Crippen LogP contribution in [0.15, 0.2) is 0 Å². The van der Waals surface area contributed by atoms with Gasteiger partial charge in [0.2, 0.25) is 0 Å². The lowest BCUT2D eigenvalue weighted by Crippen LogP contribution is -2.49. The first-order valence-electron chi connectivity index (χ1n) is 4.97. The fourth-order valence-corrected chi connectivity index (χ4v) is 1.28. The summed E-state index contributed by atoms with van der Waals surface area (Å²) < 4.78 is 10.4. The van der Waals surface area contributed by atoms with Crippen molar-refractivity contribution in [2.45, 2.75) is 32.4 Å². The van der Waals surface area contributed by atoms with Gasteiger partial charge in [-0.3, -0.25) is 4.90 Å². The molecule has 0 N–H and O–H groups in total. The van der Waals surface area contributed by atoms with Gasteiger partial charge in [0.05, 0.1) is 13.2 Å². The molecule has 0 bridgehead atoms. The van der Waals surface area contributed by atoms with Crippen molar-refractivity contribution < 1.29 is 14.3 Å². The number of morpholine rings is 1. The zero-order chi connectivity index (χ0) is 11.5. The molecule has 0 aromatic heterocycles. The van der Waals surface area contributed by atoms with Gasteiger partial charge < -0.3 is 9.47 Å². The lowest BCUT2D eigenvalue weighted by Gasteiger charge is -2.33. The van der Waals surface area contributed by atoms with Gasteiger partial charge in [-0.2, -0.15) is 0 Å². The first-order valence-corrected chi connectivity index (χ1v) is 4.97. The number of nitrogens with zero attached hydrogens (tertiary/aromatic N) is 1. The molecule has 0 unspecified atom stereocenters. The third kappa shape index (κ3) is 3.45. The Morgan fingerprint density at radius 1 is 1.60 bits per heavy atom. The third-order valence-electron chi connectivity index (χ3n) is 1.95. The van der Waals surface area contributed by atoms with Crippen LogP contribution in [0.25, 0.3) is 0 Å². The van der Waals surface area contributed by atoms with Crippen molar-refractivity contribution in [1.82, 2.24) is 4.90 Å². The molecule has 1 fully saturated rings. The molecule has 0 aliphatic carbocycles. The van der Waals surface area contributed by atoms with Crippen LogP contribution in [0.4, 0.5) is 4.79 Å². The topological polar surface area (TPSA) is 38.8 Å². The van der Waals surface area contributed by atoms with Crippen LogP contribution in [-0.2, 0) is 9.47 Å². The van der Waals surface area contributed by atoms with Crippen LogP contribution in [-0.4, -0.2) is 42.4 Å². The quantitative estimate of drug-likeness (QED) is 0.566. The van der Waals surface area contributed by atoms with Crippen LogP contribution >= 0.6 is 0 Å². The summed E-state index contributed by atoms with van der Waals surface area (Å²) in [5.41, 5.74) is -0.492. The van der Waals surface area contributed by atoms with E-state index in [1.165, 1.54) is 4.90 Å². The minimum absolute atomic E-state index is 0.311. The molecule has 0 aromatic carbocycles. The molecule has 1 saturated heterocycles. The molecule has 0 aromatic rings. The number of carbonyl (C=O) groups is 1. The fraction of sp³-hybridized carbons (Fsp3) is 0.727. The molecular weight excluding hydrogens is 194 g/mol. The van der Waals surface area contributed by atoms with Crippen LogP contribution < -0.4 is 0 Å². The summed E-state index contributed by atoms with van der Waals surface area (Å²) in [6.07, 6.45) is 4.95. The van der Waals surface area contributed by atoms with E-state index in [-0.39, 0.29) is 12.1 Å². The van der Waals surface area contributed by atoms with Gasteiger partial charge in [0.15, 0.2) is 0 Å². The Labute approximate surface area is 90.5 Å². The Morgan fingerprint density at radius 3 is 2.80 bits per heavy atom. The summed E-state index contributed by atoms with van der Waals surface area (Å²) in [6.45, 7) is 6.87. The molecule has 0 saturated carbocycles. The number of amides is 1. The van der Waals surface area contributed by atoms with E-state index in [1.807, 2.05) is 20.8 Å². The molecule has 84 valence electrons. The van der Waals surface area contributed by atoms with Crippen molar-refractivity contribution in [2.24, 2.45) is 0 Å². The number of rotatable bonds is 0. The lowest BCUT2D eigenvalue weighted by atomic mass is 10.2. The number of ether oxygens (including phenoxy) is 2. The van der Waals surface area contributed by atoms with E-state index in [4.69, 9.17) is 15.9 Å². The van der Waals surface area contributed by atoms with E-state index >= 15 is 0 Å². The molecular formula is C11H17NO3. The van der Waals surface area contributed by atoms with E-state index in [0.717, 1.165) is 0 Å². The highest BCUT2D eigenvalue weighted by molar-refractivity contribution is 5.69. The Hall–Kier alpha value is -1.21. The normalized spacial score (nSPS) is 22.0. The second-order valence-corrected chi connectivity index (χ2v) is 4.43. The number of hydrogen-bond donors (Lipinski definition) is 0. The lowest BCUT2D eigenvalue weighted by molar-refractivity contribution is -0.0198. The van der Waals surface area contributed by atoms with Gasteiger partial charge in [0, 0.05) is 6.54 Å². The predicted octanol–water partition coefficient (Wildman–Crippen LogP) is 1.26. The number of carbonyl (C=O) groups excluding carboxylic acids is 1. The van der Waals surface area contributed by atoms with Crippen LogP contribution in [0.1, 0.15) is 20.8 Å². The van der Waals surface area contributed by atoms with Gasteiger partial charge in [-0.1, -0.05) is 5.92 Å². The maximum Gasteiger partial charge on any atom is 0.411 e. The highest BCUT2D eigenvalue weighted by Crippen LogP contribution is 2.13. The Kier molecular flexibility index (Phi) is 3.59. The van der Waals surface area contributed by atoms with Crippen molar-refractivity contribution in [1.29, 1.82) is 0 Å². The van der Waals surface area contributed by atoms with Gasteiger partial charge in [-0.15, -0.1) is 6.42 Å². The van der Waals surface area contributed by atoms with Crippen molar-refractivity contribution in [3.05, 3.63) is 0 Å². The summed E-state index contributed by atoms with van der Waals surface area (Å²) in [6, 6.07) is -0.311. The predicted molar refractivity (Wildman–Crippen MR) is 56.4 cm³/mol. The smallest absolute Gasteiger partial charge is 0.411 e. The van der Waals surface area contributed by atoms with Crippen LogP contribution in [0.2, 0.25) is 0 Å². The second-order valence-electron chi connectivity index (χ2n) is 4.43. The minimum Gasteiger partial charge on any atom is -0.444 e. The van der Waals surface area contributed by atoms with E-state index in [2.05, 4.69) is 5.92 Å². The maximum atomic E-state index is 11.7. The average molecular weight is 211 g/mol. The molecule has 1 rings (SSSR count). The standard InChI is InChI=1S/C11H17NO3/c1-5-9-8-14-7-6-12(9)10(13)15-11(2,3)4/h1,9H,6-8H2,2-4H3/t9-/m0/s1. The highest BCUT2D eigenvalue weighted by atomic mass is 16.6. The molecule has 15 heavy (non-hydrogen) atoms. The molecule has 1 heterocycles. The van der Waals surface area contributed by atoms with Gasteiger partial charge in [0.25, 0.3) is 0 Å². The molecule has 1 aliphatic rings. The van der Waals surface area contributed by atoms with Gasteiger partial charge in [0.1, 0.15) is 11.6 Å². The minimum atomic E-state index is -0.492. The van der Waals surface area contributed by atoms with Crippen LogP contribution in [0.3, 0.4) is 0 Å². The Morgan fingerprint density at radius 2 is 2.27 bits per heavy atom. The molecule has 0 spiro atoms. The zero-order valence-electron chi connectivity index (χ0n) is 9.45. The Balaban J connectivity index is 2.61. The molecule has 1 aliphatic heterocycles. The second kappa shape index (κ2) is 4.54. The SMILES string of the molecule is C#C[C@H]1COCCN1C(=O)OC(C)(C)C. The zero-order valence-corrected chi connectivity index (χ0v) is 9.45. The summed E-state index contributed by atoms with van der Waals surface area (Å²) in [5.74, 6) is 2.52. The molecule has 1 amide bonds. The fourth-order valence-electron chi connectivity index (χ4n) is 1.28. The first-order chi connectivity index (χ1) is 6.94. The Bertz CT molecular complexity index is 275.